The Hall–Kier alpha value is -0.720. The normalized spacial score (nSPS) is 23.0. The summed E-state index contributed by atoms with van der Waals surface area (Å²) in [4.78, 5) is 3.72. The summed E-state index contributed by atoms with van der Waals surface area (Å²) in [6, 6.07) is 0.883. The maximum absolute atomic E-state index is 12.4. The van der Waals surface area contributed by atoms with E-state index in [1.165, 1.54) is 0 Å². The predicted molar refractivity (Wildman–Crippen MR) is 70.7 cm³/mol. The highest BCUT2D eigenvalue weighted by molar-refractivity contribution is 6.33. The molecule has 0 radical (unpaired) electrons. The van der Waals surface area contributed by atoms with Crippen LogP contribution in [0.3, 0.4) is 0 Å². The highest BCUT2D eigenvalue weighted by Gasteiger charge is 2.32. The molecule has 0 spiro atoms. The number of anilines is 1. The molecule has 1 saturated carbocycles. The van der Waals surface area contributed by atoms with Crippen molar-refractivity contribution < 1.29 is 13.2 Å². The zero-order valence-electron chi connectivity index (χ0n) is 9.88. The summed E-state index contributed by atoms with van der Waals surface area (Å²) in [6.45, 7) is 0. The van der Waals surface area contributed by atoms with E-state index in [1.54, 1.807) is 0 Å². The second-order valence-corrected chi connectivity index (χ2v) is 4.80. The molecule has 1 aliphatic rings. The quantitative estimate of drug-likeness (QED) is 0.878. The summed E-state index contributed by atoms with van der Waals surface area (Å²) < 4.78 is 37.3. The molecule has 1 aliphatic carbocycles. The molecule has 8 heteroatoms. The van der Waals surface area contributed by atoms with Gasteiger partial charge >= 0.3 is 6.18 Å². The molecule has 2 rings (SSSR count). The van der Waals surface area contributed by atoms with Crippen LogP contribution in [-0.4, -0.2) is 17.1 Å². The highest BCUT2D eigenvalue weighted by Crippen LogP contribution is 2.33. The number of rotatable bonds is 2. The summed E-state index contributed by atoms with van der Waals surface area (Å²) in [5, 5.41) is 2.96. The number of halogens is 5. The molecule has 3 nitrogen and oxygen atoms in total. The molecule has 1 unspecified atom stereocenters. The molecule has 3 N–H and O–H groups in total. The van der Waals surface area contributed by atoms with Crippen LogP contribution in [0.15, 0.2) is 12.3 Å². The average molecular weight is 316 g/mol. The standard InChI is InChI=1S/C11H13ClF3N3.ClH/c12-7-4-6(11(13,14)15)5-17-10(7)18-9-3-1-2-8(9)16;/h4-5,8-9H,1-3,16H2,(H,17,18);1H/t8-,9?;/m0./s1. The van der Waals surface area contributed by atoms with E-state index in [2.05, 4.69) is 10.3 Å². The lowest BCUT2D eigenvalue weighted by Crippen LogP contribution is -2.35. The van der Waals surface area contributed by atoms with Crippen molar-refractivity contribution in [2.24, 2.45) is 5.73 Å². The fraction of sp³-hybridized carbons (Fsp3) is 0.545. The van der Waals surface area contributed by atoms with Crippen molar-refractivity contribution in [1.29, 1.82) is 0 Å². The van der Waals surface area contributed by atoms with Gasteiger partial charge in [0, 0.05) is 18.3 Å². The minimum absolute atomic E-state index is 0. The van der Waals surface area contributed by atoms with Gasteiger partial charge in [0.1, 0.15) is 5.82 Å². The molecular formula is C11H14Cl2F3N3. The van der Waals surface area contributed by atoms with Gasteiger partial charge in [-0.15, -0.1) is 12.4 Å². The van der Waals surface area contributed by atoms with E-state index in [1.807, 2.05) is 0 Å². The van der Waals surface area contributed by atoms with Crippen LogP contribution in [0.5, 0.6) is 0 Å². The summed E-state index contributed by atoms with van der Waals surface area (Å²) in [6.07, 6.45) is -0.888. The molecule has 2 atom stereocenters. The van der Waals surface area contributed by atoms with Crippen molar-refractivity contribution in [2.75, 3.05) is 5.32 Å². The minimum Gasteiger partial charge on any atom is -0.365 e. The number of nitrogens with one attached hydrogen (secondary N) is 1. The molecule has 0 saturated heterocycles. The van der Waals surface area contributed by atoms with Gasteiger partial charge in [0.2, 0.25) is 0 Å². The fourth-order valence-electron chi connectivity index (χ4n) is 2.04. The summed E-state index contributed by atoms with van der Waals surface area (Å²) in [7, 11) is 0. The smallest absolute Gasteiger partial charge is 0.365 e. The van der Waals surface area contributed by atoms with E-state index in [0.29, 0.717) is 0 Å². The number of aromatic nitrogens is 1. The molecule has 0 aliphatic heterocycles. The van der Waals surface area contributed by atoms with Gasteiger partial charge in [-0.25, -0.2) is 4.98 Å². The van der Waals surface area contributed by atoms with Crippen LogP contribution in [0.1, 0.15) is 24.8 Å². The third kappa shape index (κ3) is 3.87. The molecule has 1 heterocycles. The van der Waals surface area contributed by atoms with Gasteiger partial charge in [0.05, 0.1) is 10.6 Å². The van der Waals surface area contributed by atoms with Crippen molar-refractivity contribution in [2.45, 2.75) is 37.5 Å². The molecule has 1 aromatic heterocycles. The van der Waals surface area contributed by atoms with Gasteiger partial charge in [-0.3, -0.25) is 0 Å². The fourth-order valence-corrected chi connectivity index (χ4v) is 2.26. The van der Waals surface area contributed by atoms with Crippen molar-refractivity contribution >= 4 is 29.8 Å². The Labute approximate surface area is 120 Å². The number of nitrogens with two attached hydrogens (primary N) is 1. The third-order valence-electron chi connectivity index (χ3n) is 3.06. The first-order valence-electron chi connectivity index (χ1n) is 5.63. The first-order valence-corrected chi connectivity index (χ1v) is 6.00. The van der Waals surface area contributed by atoms with Gasteiger partial charge in [-0.1, -0.05) is 11.6 Å². The lowest BCUT2D eigenvalue weighted by molar-refractivity contribution is -0.137. The maximum Gasteiger partial charge on any atom is 0.417 e. The van der Waals surface area contributed by atoms with Gasteiger partial charge < -0.3 is 11.1 Å². The number of hydrogen-bond donors (Lipinski definition) is 2. The first-order chi connectivity index (χ1) is 8.38. The van der Waals surface area contributed by atoms with Crippen molar-refractivity contribution in [3.8, 4) is 0 Å². The van der Waals surface area contributed by atoms with E-state index >= 15 is 0 Å². The van der Waals surface area contributed by atoms with Gasteiger partial charge in [-0.2, -0.15) is 13.2 Å². The van der Waals surface area contributed by atoms with Crippen molar-refractivity contribution in [3.63, 3.8) is 0 Å². The van der Waals surface area contributed by atoms with Crippen LogP contribution in [-0.2, 0) is 6.18 Å². The SMILES string of the molecule is Cl.N[C@H]1CCCC1Nc1ncc(C(F)(F)F)cc1Cl. The molecule has 19 heavy (non-hydrogen) atoms. The summed E-state index contributed by atoms with van der Waals surface area (Å²) >= 11 is 5.80. The summed E-state index contributed by atoms with van der Waals surface area (Å²) in [5.41, 5.74) is 5.01. The van der Waals surface area contributed by atoms with Crippen molar-refractivity contribution in [1.82, 2.24) is 4.98 Å². The van der Waals surface area contributed by atoms with Gasteiger partial charge in [0.15, 0.2) is 0 Å². The van der Waals surface area contributed by atoms with Crippen LogP contribution in [0.4, 0.5) is 19.0 Å². The minimum atomic E-state index is -4.43. The second-order valence-electron chi connectivity index (χ2n) is 4.40. The van der Waals surface area contributed by atoms with E-state index in [0.717, 1.165) is 31.5 Å². The Kier molecular flexibility index (Phi) is 5.29. The van der Waals surface area contributed by atoms with Crippen LogP contribution in [0, 0.1) is 0 Å². The monoisotopic (exact) mass is 315 g/mol. The Balaban J connectivity index is 0.00000180. The lowest BCUT2D eigenvalue weighted by atomic mass is 10.2. The van der Waals surface area contributed by atoms with E-state index in [4.69, 9.17) is 17.3 Å². The third-order valence-corrected chi connectivity index (χ3v) is 3.35. The predicted octanol–water partition coefficient (Wildman–Crippen LogP) is 3.47. The van der Waals surface area contributed by atoms with Crippen LogP contribution >= 0.6 is 24.0 Å². The number of alkyl halides is 3. The molecule has 1 fully saturated rings. The van der Waals surface area contributed by atoms with Crippen LogP contribution in [0.2, 0.25) is 5.02 Å². The van der Waals surface area contributed by atoms with Crippen LogP contribution < -0.4 is 11.1 Å². The number of hydrogen-bond acceptors (Lipinski definition) is 3. The molecule has 108 valence electrons. The topological polar surface area (TPSA) is 50.9 Å². The molecule has 0 bridgehead atoms. The average Bonchev–Trinajstić information content (AvgIpc) is 2.66. The Morgan fingerprint density at radius 3 is 2.53 bits per heavy atom. The molecule has 0 amide bonds. The zero-order valence-corrected chi connectivity index (χ0v) is 11.4. The van der Waals surface area contributed by atoms with Gasteiger partial charge in [0.25, 0.3) is 0 Å². The second kappa shape index (κ2) is 6.15. The van der Waals surface area contributed by atoms with Crippen LogP contribution in [0.25, 0.3) is 0 Å². The highest BCUT2D eigenvalue weighted by atomic mass is 35.5. The molecular weight excluding hydrogens is 302 g/mol. The van der Waals surface area contributed by atoms with Crippen molar-refractivity contribution in [3.05, 3.63) is 22.8 Å². The Morgan fingerprint density at radius 2 is 2.05 bits per heavy atom. The number of pyridine rings is 1. The molecule has 0 aromatic carbocycles. The Bertz CT molecular complexity index is 440. The summed E-state index contributed by atoms with van der Waals surface area (Å²) in [5.74, 6) is 0.256. The lowest BCUT2D eigenvalue weighted by Gasteiger charge is -2.19. The Morgan fingerprint density at radius 1 is 1.37 bits per heavy atom. The van der Waals surface area contributed by atoms with E-state index in [9.17, 15) is 13.2 Å². The van der Waals surface area contributed by atoms with E-state index < -0.39 is 11.7 Å². The zero-order chi connectivity index (χ0) is 13.3. The van der Waals surface area contributed by atoms with E-state index in [-0.39, 0.29) is 35.3 Å². The number of nitrogens with zero attached hydrogens (tertiary/aromatic N) is 1. The largest absolute Gasteiger partial charge is 0.417 e. The molecule has 1 aromatic rings. The first kappa shape index (κ1) is 16.3. The van der Waals surface area contributed by atoms with Gasteiger partial charge in [-0.05, 0) is 25.3 Å². The maximum atomic E-state index is 12.4.